The molecule has 0 amide bonds. The molecule has 2 aromatic rings. The van der Waals surface area contributed by atoms with Crippen LogP contribution >= 0.6 is 11.8 Å². The number of nitro benzene ring substituents is 1. The third-order valence-corrected chi connectivity index (χ3v) is 3.93. The van der Waals surface area contributed by atoms with Crippen molar-refractivity contribution in [3.63, 3.8) is 0 Å². The molecule has 0 unspecified atom stereocenters. The summed E-state index contributed by atoms with van der Waals surface area (Å²) in [6.07, 6.45) is 0. The van der Waals surface area contributed by atoms with Crippen LogP contribution in [0.2, 0.25) is 0 Å². The lowest BCUT2D eigenvalue weighted by atomic mass is 10.1. The Hall–Kier alpha value is -1.88. The van der Waals surface area contributed by atoms with Crippen LogP contribution in [0.15, 0.2) is 41.3 Å². The Morgan fingerprint density at radius 1 is 1.20 bits per heavy atom. The molecule has 104 valence electrons. The second kappa shape index (κ2) is 6.05. The van der Waals surface area contributed by atoms with Crippen LogP contribution in [0.3, 0.4) is 0 Å². The second-order valence-corrected chi connectivity index (χ2v) is 5.65. The Kier molecular flexibility index (Phi) is 4.39. The van der Waals surface area contributed by atoms with Gasteiger partial charge in [-0.15, -0.1) is 11.8 Å². The number of hydrogen-bond donors (Lipinski definition) is 0. The predicted octanol–water partition coefficient (Wildman–Crippen LogP) is 4.64. The summed E-state index contributed by atoms with van der Waals surface area (Å²) < 4.78 is 13.5. The van der Waals surface area contributed by atoms with Crippen molar-refractivity contribution in [1.29, 1.82) is 0 Å². The van der Waals surface area contributed by atoms with E-state index in [0.717, 1.165) is 22.8 Å². The molecule has 0 bridgehead atoms. The molecule has 5 heteroatoms. The number of para-hydroxylation sites is 1. The van der Waals surface area contributed by atoms with Crippen LogP contribution in [0, 0.1) is 29.8 Å². The summed E-state index contributed by atoms with van der Waals surface area (Å²) in [7, 11) is 0. The van der Waals surface area contributed by atoms with Crippen LogP contribution < -0.4 is 0 Å². The summed E-state index contributed by atoms with van der Waals surface area (Å²) in [5, 5.41) is 10.9. The zero-order valence-electron chi connectivity index (χ0n) is 11.2. The predicted molar refractivity (Wildman–Crippen MR) is 78.5 cm³/mol. The highest BCUT2D eigenvalue weighted by molar-refractivity contribution is 7.98. The number of halogens is 1. The third kappa shape index (κ3) is 3.36. The van der Waals surface area contributed by atoms with Crippen molar-refractivity contribution in [2.45, 2.75) is 24.5 Å². The van der Waals surface area contributed by atoms with Gasteiger partial charge in [0.15, 0.2) is 0 Å². The molecule has 0 aliphatic carbocycles. The first-order chi connectivity index (χ1) is 9.47. The number of rotatable bonds is 4. The van der Waals surface area contributed by atoms with E-state index in [4.69, 9.17) is 0 Å². The van der Waals surface area contributed by atoms with Crippen LogP contribution in [-0.2, 0) is 5.75 Å². The SMILES string of the molecule is Cc1cc(C)cc(CSc2cccc(F)c2[N+](=O)[O-])c1. The van der Waals surface area contributed by atoms with Crippen LogP contribution in [0.1, 0.15) is 16.7 Å². The molecule has 2 rings (SSSR count). The standard InChI is InChI=1S/C15H14FNO2S/c1-10-6-11(2)8-12(7-10)9-20-14-5-3-4-13(16)15(14)17(18)19/h3-8H,9H2,1-2H3. The molecule has 0 heterocycles. The summed E-state index contributed by atoms with van der Waals surface area (Å²) >= 11 is 1.28. The number of benzene rings is 2. The zero-order chi connectivity index (χ0) is 14.7. The van der Waals surface area contributed by atoms with E-state index in [1.165, 1.54) is 17.8 Å². The van der Waals surface area contributed by atoms with Crippen molar-refractivity contribution < 1.29 is 9.31 Å². The fourth-order valence-electron chi connectivity index (χ4n) is 2.10. The normalized spacial score (nSPS) is 10.6. The van der Waals surface area contributed by atoms with Crippen LogP contribution in [0.25, 0.3) is 0 Å². The fourth-order valence-corrected chi connectivity index (χ4v) is 3.07. The highest BCUT2D eigenvalue weighted by Gasteiger charge is 2.19. The first-order valence-corrected chi connectivity index (χ1v) is 7.09. The molecule has 0 atom stereocenters. The van der Waals surface area contributed by atoms with Gasteiger partial charge in [-0.05, 0) is 31.5 Å². The number of hydrogen-bond acceptors (Lipinski definition) is 3. The monoisotopic (exact) mass is 291 g/mol. The molecule has 2 aromatic carbocycles. The zero-order valence-corrected chi connectivity index (χ0v) is 12.0. The van der Waals surface area contributed by atoms with E-state index in [0.29, 0.717) is 10.6 Å². The van der Waals surface area contributed by atoms with Crippen molar-refractivity contribution in [1.82, 2.24) is 0 Å². The van der Waals surface area contributed by atoms with Crippen molar-refractivity contribution in [3.8, 4) is 0 Å². The quantitative estimate of drug-likeness (QED) is 0.468. The van der Waals surface area contributed by atoms with Gasteiger partial charge in [0.1, 0.15) is 0 Å². The first kappa shape index (κ1) is 14.5. The molecule has 0 N–H and O–H groups in total. The van der Waals surface area contributed by atoms with E-state index in [2.05, 4.69) is 6.07 Å². The maximum Gasteiger partial charge on any atom is 0.318 e. The molecular weight excluding hydrogens is 277 g/mol. The minimum absolute atomic E-state index is 0.356. The Morgan fingerprint density at radius 3 is 2.45 bits per heavy atom. The third-order valence-electron chi connectivity index (χ3n) is 2.81. The lowest BCUT2D eigenvalue weighted by molar-refractivity contribution is -0.390. The molecular formula is C15H14FNO2S. The smallest absolute Gasteiger partial charge is 0.258 e. The molecule has 0 aliphatic heterocycles. The van der Waals surface area contributed by atoms with E-state index in [1.807, 2.05) is 26.0 Å². The molecule has 3 nitrogen and oxygen atoms in total. The second-order valence-electron chi connectivity index (χ2n) is 4.63. The molecule has 0 aromatic heterocycles. The highest BCUT2D eigenvalue weighted by Crippen LogP contribution is 2.33. The minimum Gasteiger partial charge on any atom is -0.258 e. The Bertz CT molecular complexity index is 638. The topological polar surface area (TPSA) is 43.1 Å². The van der Waals surface area contributed by atoms with Gasteiger partial charge in [0, 0.05) is 5.75 Å². The maximum atomic E-state index is 13.5. The molecule has 0 spiro atoms. The number of nitro groups is 1. The largest absolute Gasteiger partial charge is 0.318 e. The van der Waals surface area contributed by atoms with Gasteiger partial charge < -0.3 is 0 Å². The van der Waals surface area contributed by atoms with Crippen molar-refractivity contribution in [2.24, 2.45) is 0 Å². The molecule has 0 aliphatic rings. The van der Waals surface area contributed by atoms with Crippen molar-refractivity contribution in [3.05, 3.63) is 69.0 Å². The summed E-state index contributed by atoms with van der Waals surface area (Å²) in [5.41, 5.74) is 2.93. The number of thioether (sulfide) groups is 1. The average Bonchev–Trinajstić information content (AvgIpc) is 2.34. The summed E-state index contributed by atoms with van der Waals surface area (Å²) in [4.78, 5) is 10.6. The maximum absolute atomic E-state index is 13.5. The van der Waals surface area contributed by atoms with E-state index < -0.39 is 16.4 Å². The molecule has 20 heavy (non-hydrogen) atoms. The van der Waals surface area contributed by atoms with Gasteiger partial charge >= 0.3 is 5.69 Å². The van der Waals surface area contributed by atoms with E-state index in [-0.39, 0.29) is 0 Å². The molecule has 0 saturated heterocycles. The van der Waals surface area contributed by atoms with Crippen molar-refractivity contribution in [2.75, 3.05) is 0 Å². The van der Waals surface area contributed by atoms with E-state index in [9.17, 15) is 14.5 Å². The first-order valence-electron chi connectivity index (χ1n) is 6.10. The fraction of sp³-hybridized carbons (Fsp3) is 0.200. The molecule has 0 radical (unpaired) electrons. The van der Waals surface area contributed by atoms with E-state index in [1.54, 1.807) is 6.07 Å². The summed E-state index contributed by atoms with van der Waals surface area (Å²) in [6, 6.07) is 10.3. The van der Waals surface area contributed by atoms with E-state index >= 15 is 0 Å². The minimum atomic E-state index is -0.791. The summed E-state index contributed by atoms with van der Waals surface area (Å²) in [5.74, 6) is -0.215. The van der Waals surface area contributed by atoms with Crippen LogP contribution in [0.4, 0.5) is 10.1 Å². The average molecular weight is 291 g/mol. The van der Waals surface area contributed by atoms with Gasteiger partial charge in [-0.1, -0.05) is 35.4 Å². The summed E-state index contributed by atoms with van der Waals surface area (Å²) in [6.45, 7) is 4.01. The van der Waals surface area contributed by atoms with Crippen molar-refractivity contribution >= 4 is 17.4 Å². The number of nitrogens with zero attached hydrogens (tertiary/aromatic N) is 1. The van der Waals surface area contributed by atoms with Gasteiger partial charge in [0.25, 0.3) is 0 Å². The van der Waals surface area contributed by atoms with Gasteiger partial charge in [0.05, 0.1) is 9.82 Å². The van der Waals surface area contributed by atoms with Crippen LogP contribution in [-0.4, -0.2) is 4.92 Å². The lowest BCUT2D eigenvalue weighted by Gasteiger charge is -2.06. The molecule has 0 fully saturated rings. The Morgan fingerprint density at radius 2 is 1.85 bits per heavy atom. The Labute approximate surface area is 121 Å². The van der Waals surface area contributed by atoms with Gasteiger partial charge in [-0.3, -0.25) is 10.1 Å². The number of aryl methyl sites for hydroxylation is 2. The van der Waals surface area contributed by atoms with Gasteiger partial charge in [-0.25, -0.2) is 0 Å². The lowest BCUT2D eigenvalue weighted by Crippen LogP contribution is -1.95. The van der Waals surface area contributed by atoms with Gasteiger partial charge in [-0.2, -0.15) is 4.39 Å². The molecule has 0 saturated carbocycles. The highest BCUT2D eigenvalue weighted by atomic mass is 32.2. The van der Waals surface area contributed by atoms with Gasteiger partial charge in [0.2, 0.25) is 5.82 Å². The van der Waals surface area contributed by atoms with Crippen LogP contribution in [0.5, 0.6) is 0 Å². The Balaban J connectivity index is 2.23.